The number of amides is 2. The number of nitrogens with zero attached hydrogens (tertiary/aromatic N) is 2. The summed E-state index contributed by atoms with van der Waals surface area (Å²) in [5.74, 6) is 0.971. The molecule has 1 N–H and O–H groups in total. The van der Waals surface area contributed by atoms with Gasteiger partial charge in [-0.2, -0.15) is 0 Å². The van der Waals surface area contributed by atoms with E-state index >= 15 is 0 Å². The molecule has 0 unspecified atom stereocenters. The van der Waals surface area contributed by atoms with Crippen LogP contribution in [0.1, 0.15) is 18.7 Å². The Kier molecular flexibility index (Phi) is 4.98. The van der Waals surface area contributed by atoms with Crippen LogP contribution in [0.2, 0.25) is 0 Å². The van der Waals surface area contributed by atoms with E-state index in [1.807, 2.05) is 37.3 Å². The maximum Gasteiger partial charge on any atom is 0.322 e. The number of benzene rings is 2. The van der Waals surface area contributed by atoms with Crippen LogP contribution in [-0.4, -0.2) is 30.0 Å². The first-order valence-electron chi connectivity index (χ1n) is 8.25. The number of hydrogen-bond acceptors (Lipinski definition) is 5. The summed E-state index contributed by atoms with van der Waals surface area (Å²) in [5.41, 5.74) is 0.827. The summed E-state index contributed by atoms with van der Waals surface area (Å²) < 4.78 is 11.0. The largest absolute Gasteiger partial charge is 0.495 e. The van der Waals surface area contributed by atoms with Crippen molar-refractivity contribution < 1.29 is 18.9 Å². The quantitative estimate of drug-likeness (QED) is 0.524. The first kappa shape index (κ1) is 18.2. The van der Waals surface area contributed by atoms with Crippen LogP contribution in [0.4, 0.5) is 16.2 Å². The molecule has 2 aromatic carbocycles. The van der Waals surface area contributed by atoms with Gasteiger partial charge < -0.3 is 19.4 Å². The molecule has 0 bridgehead atoms. The Bertz CT molecular complexity index is 965. The van der Waals surface area contributed by atoms with E-state index in [1.54, 1.807) is 7.05 Å². The van der Waals surface area contributed by atoms with E-state index in [9.17, 15) is 14.9 Å². The highest BCUT2D eigenvalue weighted by Gasteiger charge is 2.22. The Morgan fingerprint density at radius 3 is 2.67 bits per heavy atom. The van der Waals surface area contributed by atoms with Crippen LogP contribution < -0.4 is 10.1 Å². The maximum absolute atomic E-state index is 12.6. The summed E-state index contributed by atoms with van der Waals surface area (Å²) in [6.45, 7) is 1.84. The first-order chi connectivity index (χ1) is 12.9. The fourth-order valence-electron chi connectivity index (χ4n) is 2.69. The van der Waals surface area contributed by atoms with E-state index in [0.717, 1.165) is 11.0 Å². The Balaban J connectivity index is 1.81. The Morgan fingerprint density at radius 2 is 2.00 bits per heavy atom. The van der Waals surface area contributed by atoms with Crippen LogP contribution in [0.3, 0.4) is 0 Å². The van der Waals surface area contributed by atoms with Crippen molar-refractivity contribution >= 4 is 28.4 Å². The molecule has 1 aromatic heterocycles. The van der Waals surface area contributed by atoms with Crippen LogP contribution in [0.5, 0.6) is 5.75 Å². The van der Waals surface area contributed by atoms with Gasteiger partial charge in [0.15, 0.2) is 0 Å². The van der Waals surface area contributed by atoms with Crippen molar-refractivity contribution in [3.05, 3.63) is 64.4 Å². The van der Waals surface area contributed by atoms with Crippen LogP contribution in [0.15, 0.2) is 52.9 Å². The Morgan fingerprint density at radius 1 is 1.26 bits per heavy atom. The summed E-state index contributed by atoms with van der Waals surface area (Å²) >= 11 is 0. The van der Waals surface area contributed by atoms with E-state index < -0.39 is 11.0 Å². The van der Waals surface area contributed by atoms with Crippen molar-refractivity contribution in [2.24, 2.45) is 0 Å². The Hall–Kier alpha value is -3.55. The summed E-state index contributed by atoms with van der Waals surface area (Å²) in [4.78, 5) is 24.5. The standard InChI is InChI=1S/C19H19N3O5/c1-12(18-10-13-6-4-5-7-16(13)27-18)21(2)19(23)20-15-11-14(22(24)25)8-9-17(15)26-3/h4-12H,1-3H3,(H,20,23)/t12-/m1/s1. The van der Waals surface area contributed by atoms with Gasteiger partial charge in [0.2, 0.25) is 0 Å². The number of carbonyl (C=O) groups is 1. The molecule has 140 valence electrons. The average molecular weight is 369 g/mol. The van der Waals surface area contributed by atoms with Gasteiger partial charge in [0, 0.05) is 24.6 Å². The number of para-hydroxylation sites is 1. The highest BCUT2D eigenvalue weighted by Crippen LogP contribution is 2.31. The number of urea groups is 1. The number of furan rings is 1. The molecule has 3 rings (SSSR count). The molecule has 0 saturated carbocycles. The van der Waals surface area contributed by atoms with Gasteiger partial charge in [-0.05, 0) is 25.1 Å². The molecule has 0 fully saturated rings. The number of anilines is 1. The number of nitro benzene ring substituents is 1. The number of nitro groups is 1. The van der Waals surface area contributed by atoms with Crippen molar-refractivity contribution in [1.82, 2.24) is 4.90 Å². The lowest BCUT2D eigenvalue weighted by atomic mass is 10.2. The molecule has 0 aliphatic carbocycles. The van der Waals surface area contributed by atoms with Gasteiger partial charge in [-0.3, -0.25) is 10.1 Å². The minimum absolute atomic E-state index is 0.140. The summed E-state index contributed by atoms with van der Waals surface area (Å²) in [6.07, 6.45) is 0. The molecule has 27 heavy (non-hydrogen) atoms. The average Bonchev–Trinajstić information content (AvgIpc) is 3.10. The van der Waals surface area contributed by atoms with Gasteiger partial charge in [0.05, 0.1) is 23.8 Å². The van der Waals surface area contributed by atoms with Gasteiger partial charge >= 0.3 is 6.03 Å². The predicted molar refractivity (Wildman–Crippen MR) is 101 cm³/mol. The topological polar surface area (TPSA) is 97.8 Å². The van der Waals surface area contributed by atoms with Crippen LogP contribution >= 0.6 is 0 Å². The van der Waals surface area contributed by atoms with Gasteiger partial charge in [-0.1, -0.05) is 18.2 Å². The van der Waals surface area contributed by atoms with E-state index in [2.05, 4.69) is 5.32 Å². The third-order valence-electron chi connectivity index (χ3n) is 4.39. The molecule has 3 aromatic rings. The number of methoxy groups -OCH3 is 1. The number of non-ortho nitro benzene ring substituents is 1. The second kappa shape index (κ2) is 7.36. The predicted octanol–water partition coefficient (Wildman–Crippen LogP) is 4.57. The van der Waals surface area contributed by atoms with Gasteiger partial charge in [-0.15, -0.1) is 0 Å². The fraction of sp³-hybridized carbons (Fsp3) is 0.211. The second-order valence-electron chi connectivity index (χ2n) is 6.05. The molecule has 0 spiro atoms. The highest BCUT2D eigenvalue weighted by atomic mass is 16.6. The SMILES string of the molecule is COc1ccc([N+](=O)[O-])cc1NC(=O)N(C)[C@H](C)c1cc2ccccc2o1. The molecule has 0 aliphatic rings. The highest BCUT2D eigenvalue weighted by molar-refractivity contribution is 5.91. The van der Waals surface area contributed by atoms with E-state index in [0.29, 0.717) is 11.5 Å². The number of ether oxygens (including phenoxy) is 1. The van der Waals surface area contributed by atoms with Crippen LogP contribution in [0, 0.1) is 10.1 Å². The molecule has 1 atom stereocenters. The lowest BCUT2D eigenvalue weighted by Crippen LogP contribution is -2.33. The van der Waals surface area contributed by atoms with Crippen molar-refractivity contribution in [1.29, 1.82) is 0 Å². The smallest absolute Gasteiger partial charge is 0.322 e. The first-order valence-corrected chi connectivity index (χ1v) is 8.25. The van der Waals surface area contributed by atoms with E-state index in [4.69, 9.17) is 9.15 Å². The van der Waals surface area contributed by atoms with Gasteiger partial charge in [0.25, 0.3) is 5.69 Å². The zero-order chi connectivity index (χ0) is 19.6. The van der Waals surface area contributed by atoms with Crippen molar-refractivity contribution in [3.8, 4) is 5.75 Å². The third kappa shape index (κ3) is 3.69. The molecular formula is C19H19N3O5. The number of nitrogens with one attached hydrogen (secondary N) is 1. The normalized spacial score (nSPS) is 11.8. The van der Waals surface area contributed by atoms with Crippen LogP contribution in [0.25, 0.3) is 11.0 Å². The second-order valence-corrected chi connectivity index (χ2v) is 6.05. The lowest BCUT2D eigenvalue weighted by Gasteiger charge is -2.24. The molecule has 0 radical (unpaired) electrons. The van der Waals surface area contributed by atoms with E-state index in [1.165, 1.54) is 30.2 Å². The molecule has 0 saturated heterocycles. The van der Waals surface area contributed by atoms with E-state index in [-0.39, 0.29) is 17.4 Å². The fourth-order valence-corrected chi connectivity index (χ4v) is 2.69. The summed E-state index contributed by atoms with van der Waals surface area (Å²) in [6, 6.07) is 12.7. The zero-order valence-corrected chi connectivity index (χ0v) is 15.1. The van der Waals surface area contributed by atoms with Crippen molar-refractivity contribution in [2.45, 2.75) is 13.0 Å². The summed E-state index contributed by atoms with van der Waals surface area (Å²) in [5, 5.41) is 14.6. The van der Waals surface area contributed by atoms with Gasteiger partial charge in [0.1, 0.15) is 17.1 Å². The number of hydrogen-bond donors (Lipinski definition) is 1. The molecular weight excluding hydrogens is 350 g/mol. The number of carbonyl (C=O) groups excluding carboxylic acids is 1. The Labute approximate surface area is 155 Å². The molecule has 8 heteroatoms. The molecule has 1 heterocycles. The molecule has 8 nitrogen and oxygen atoms in total. The van der Waals surface area contributed by atoms with Gasteiger partial charge in [-0.25, -0.2) is 4.79 Å². The molecule has 2 amide bonds. The summed E-state index contributed by atoms with van der Waals surface area (Å²) in [7, 11) is 3.05. The molecule has 0 aliphatic heterocycles. The number of rotatable bonds is 5. The zero-order valence-electron chi connectivity index (χ0n) is 15.1. The maximum atomic E-state index is 12.6. The van der Waals surface area contributed by atoms with Crippen molar-refractivity contribution in [2.75, 3.05) is 19.5 Å². The number of fused-ring (bicyclic) bond motifs is 1. The van der Waals surface area contributed by atoms with Crippen LogP contribution in [-0.2, 0) is 0 Å². The monoisotopic (exact) mass is 369 g/mol. The van der Waals surface area contributed by atoms with Crippen molar-refractivity contribution in [3.63, 3.8) is 0 Å². The minimum atomic E-state index is -0.532. The lowest BCUT2D eigenvalue weighted by molar-refractivity contribution is -0.384. The minimum Gasteiger partial charge on any atom is -0.495 e. The third-order valence-corrected chi connectivity index (χ3v) is 4.39.